The topological polar surface area (TPSA) is 78.1 Å². The molecule has 7 heteroatoms. The van der Waals surface area contributed by atoms with E-state index in [4.69, 9.17) is 19.9 Å². The fraction of sp³-hybridized carbons (Fsp3) is 0.350. The molecule has 0 aliphatic rings. The van der Waals surface area contributed by atoms with Crippen LogP contribution in [0.1, 0.15) is 16.7 Å². The molecule has 3 N–H and O–H groups in total. The number of rotatable bonds is 8. The molecule has 2 aromatic carbocycles. The van der Waals surface area contributed by atoms with E-state index in [9.17, 15) is 0 Å². The highest BCUT2D eigenvalue weighted by atomic mass is 127. The van der Waals surface area contributed by atoms with Crippen LogP contribution >= 0.6 is 24.0 Å². The van der Waals surface area contributed by atoms with Crippen molar-refractivity contribution in [2.75, 3.05) is 27.9 Å². The number of hydrogen-bond acceptors (Lipinski definition) is 4. The van der Waals surface area contributed by atoms with Crippen molar-refractivity contribution in [3.8, 4) is 17.2 Å². The van der Waals surface area contributed by atoms with Crippen molar-refractivity contribution in [3.63, 3.8) is 0 Å². The first-order valence-corrected chi connectivity index (χ1v) is 8.45. The summed E-state index contributed by atoms with van der Waals surface area (Å²) in [6.07, 6.45) is 0.801. The molecule has 0 saturated heterocycles. The SMILES string of the molecule is COc1cc(CN=C(N)NCCc2ccc(OC)c(OC)c2)ccc1C.I. The zero-order chi connectivity index (χ0) is 18.9. The van der Waals surface area contributed by atoms with Crippen molar-refractivity contribution < 1.29 is 14.2 Å². The molecule has 0 aliphatic carbocycles. The quantitative estimate of drug-likeness (QED) is 0.341. The van der Waals surface area contributed by atoms with Crippen LogP contribution < -0.4 is 25.3 Å². The van der Waals surface area contributed by atoms with Crippen LogP contribution in [0.5, 0.6) is 17.2 Å². The summed E-state index contributed by atoms with van der Waals surface area (Å²) in [5, 5.41) is 3.13. The monoisotopic (exact) mass is 485 g/mol. The normalized spacial score (nSPS) is 10.7. The standard InChI is InChI=1S/C20H27N3O3.HI/c1-14-5-6-16(12-18(14)25-3)13-23-20(21)22-10-9-15-7-8-17(24-2)19(11-15)26-4;/h5-8,11-12H,9-10,13H2,1-4H3,(H3,21,22,23);1H. The van der Waals surface area contributed by atoms with Crippen molar-refractivity contribution in [1.82, 2.24) is 5.32 Å². The molecule has 148 valence electrons. The lowest BCUT2D eigenvalue weighted by Crippen LogP contribution is -2.33. The minimum absolute atomic E-state index is 0. The molecule has 0 bridgehead atoms. The average Bonchev–Trinajstić information content (AvgIpc) is 2.67. The number of nitrogens with two attached hydrogens (primary N) is 1. The van der Waals surface area contributed by atoms with Gasteiger partial charge in [0.1, 0.15) is 5.75 Å². The summed E-state index contributed by atoms with van der Waals surface area (Å²) in [6, 6.07) is 11.9. The second-order valence-corrected chi connectivity index (χ2v) is 5.87. The summed E-state index contributed by atoms with van der Waals surface area (Å²) in [5.41, 5.74) is 9.23. The lowest BCUT2D eigenvalue weighted by Gasteiger charge is -2.10. The molecule has 0 unspecified atom stereocenters. The Kier molecular flexibility index (Phi) is 9.77. The average molecular weight is 485 g/mol. The number of ether oxygens (including phenoxy) is 3. The molecule has 0 fully saturated rings. The molecular weight excluding hydrogens is 457 g/mol. The Morgan fingerprint density at radius 2 is 1.56 bits per heavy atom. The van der Waals surface area contributed by atoms with E-state index < -0.39 is 0 Å². The van der Waals surface area contributed by atoms with Crippen molar-refractivity contribution in [1.29, 1.82) is 0 Å². The van der Waals surface area contributed by atoms with E-state index in [0.29, 0.717) is 19.0 Å². The molecule has 0 atom stereocenters. The van der Waals surface area contributed by atoms with Crippen LogP contribution in [0.15, 0.2) is 41.4 Å². The van der Waals surface area contributed by atoms with Crippen molar-refractivity contribution in [2.45, 2.75) is 19.9 Å². The lowest BCUT2D eigenvalue weighted by molar-refractivity contribution is 0.354. The van der Waals surface area contributed by atoms with Gasteiger partial charge < -0.3 is 25.3 Å². The lowest BCUT2D eigenvalue weighted by atomic mass is 10.1. The molecule has 0 amide bonds. The van der Waals surface area contributed by atoms with Crippen LogP contribution in [0.3, 0.4) is 0 Å². The van der Waals surface area contributed by atoms with Gasteiger partial charge in [-0.15, -0.1) is 24.0 Å². The third-order valence-corrected chi connectivity index (χ3v) is 4.07. The molecule has 0 heterocycles. The van der Waals surface area contributed by atoms with Crippen molar-refractivity contribution in [2.24, 2.45) is 10.7 Å². The number of nitrogens with zero attached hydrogens (tertiary/aromatic N) is 1. The molecule has 0 spiro atoms. The maximum Gasteiger partial charge on any atom is 0.188 e. The molecular formula is C20H28IN3O3. The molecule has 6 nitrogen and oxygen atoms in total. The largest absolute Gasteiger partial charge is 0.496 e. The summed E-state index contributed by atoms with van der Waals surface area (Å²) in [4.78, 5) is 4.37. The molecule has 27 heavy (non-hydrogen) atoms. The van der Waals surface area contributed by atoms with Crippen molar-refractivity contribution >= 4 is 29.9 Å². The minimum Gasteiger partial charge on any atom is -0.496 e. The van der Waals surface area contributed by atoms with Crippen LogP contribution in [-0.2, 0) is 13.0 Å². The van der Waals surface area contributed by atoms with Gasteiger partial charge in [0, 0.05) is 6.54 Å². The van der Waals surface area contributed by atoms with E-state index in [1.165, 1.54) is 0 Å². The van der Waals surface area contributed by atoms with Gasteiger partial charge in [-0.05, 0) is 48.2 Å². The van der Waals surface area contributed by atoms with Crippen LogP contribution in [0.4, 0.5) is 0 Å². The van der Waals surface area contributed by atoms with E-state index in [0.717, 1.165) is 40.4 Å². The Balaban J connectivity index is 0.00000364. The van der Waals surface area contributed by atoms with Gasteiger partial charge in [0.25, 0.3) is 0 Å². The number of aliphatic imine (C=N–C) groups is 1. The Morgan fingerprint density at radius 1 is 0.926 bits per heavy atom. The Labute approximate surface area is 178 Å². The third kappa shape index (κ3) is 6.82. The number of aryl methyl sites for hydroxylation is 1. The van der Waals surface area contributed by atoms with Gasteiger partial charge >= 0.3 is 0 Å². The summed E-state index contributed by atoms with van der Waals surface area (Å²) in [7, 11) is 4.92. The molecule has 0 radical (unpaired) electrons. The van der Waals surface area contributed by atoms with E-state index >= 15 is 0 Å². The van der Waals surface area contributed by atoms with Crippen LogP contribution in [0.2, 0.25) is 0 Å². The molecule has 0 saturated carbocycles. The first-order valence-electron chi connectivity index (χ1n) is 8.45. The fourth-order valence-electron chi connectivity index (χ4n) is 2.57. The van der Waals surface area contributed by atoms with Gasteiger partial charge in [0.15, 0.2) is 17.5 Å². The minimum atomic E-state index is 0. The Morgan fingerprint density at radius 3 is 2.22 bits per heavy atom. The first kappa shape index (κ1) is 22.9. The van der Waals surface area contributed by atoms with Crippen LogP contribution in [0.25, 0.3) is 0 Å². The predicted molar refractivity (Wildman–Crippen MR) is 120 cm³/mol. The van der Waals surface area contributed by atoms with Gasteiger partial charge in [-0.2, -0.15) is 0 Å². The second-order valence-electron chi connectivity index (χ2n) is 5.87. The highest BCUT2D eigenvalue weighted by Gasteiger charge is 2.05. The van der Waals surface area contributed by atoms with Crippen LogP contribution in [0, 0.1) is 6.92 Å². The number of nitrogens with one attached hydrogen (secondary N) is 1. The zero-order valence-electron chi connectivity index (χ0n) is 16.2. The maximum absolute atomic E-state index is 5.95. The zero-order valence-corrected chi connectivity index (χ0v) is 18.6. The van der Waals surface area contributed by atoms with E-state index in [1.807, 2.05) is 43.3 Å². The van der Waals surface area contributed by atoms with Gasteiger partial charge in [-0.25, -0.2) is 4.99 Å². The summed E-state index contributed by atoms with van der Waals surface area (Å²) in [6.45, 7) is 3.20. The summed E-state index contributed by atoms with van der Waals surface area (Å²) >= 11 is 0. The summed E-state index contributed by atoms with van der Waals surface area (Å²) < 4.78 is 15.9. The van der Waals surface area contributed by atoms with Crippen molar-refractivity contribution in [3.05, 3.63) is 53.1 Å². The highest BCUT2D eigenvalue weighted by Crippen LogP contribution is 2.27. The smallest absolute Gasteiger partial charge is 0.188 e. The van der Waals surface area contributed by atoms with Gasteiger partial charge in [0.2, 0.25) is 0 Å². The van der Waals surface area contributed by atoms with Gasteiger partial charge in [-0.3, -0.25) is 0 Å². The number of benzene rings is 2. The number of hydrogen-bond donors (Lipinski definition) is 2. The number of halogens is 1. The molecule has 2 rings (SSSR count). The second kappa shape index (κ2) is 11.5. The highest BCUT2D eigenvalue weighted by molar-refractivity contribution is 14.0. The van der Waals surface area contributed by atoms with E-state index in [2.05, 4.69) is 10.3 Å². The molecule has 0 aromatic heterocycles. The Hall–Kier alpha value is -2.16. The van der Waals surface area contributed by atoms with Gasteiger partial charge in [-0.1, -0.05) is 18.2 Å². The predicted octanol–water partition coefficient (Wildman–Crippen LogP) is 3.29. The van der Waals surface area contributed by atoms with Crippen LogP contribution in [-0.4, -0.2) is 33.8 Å². The molecule has 2 aromatic rings. The maximum atomic E-state index is 5.95. The van der Waals surface area contributed by atoms with E-state index in [-0.39, 0.29) is 24.0 Å². The molecule has 0 aliphatic heterocycles. The first-order chi connectivity index (χ1) is 12.6. The Bertz CT molecular complexity index is 766. The third-order valence-electron chi connectivity index (χ3n) is 4.07. The summed E-state index contributed by atoms with van der Waals surface area (Å²) in [5.74, 6) is 2.72. The fourth-order valence-corrected chi connectivity index (χ4v) is 2.57. The number of methoxy groups -OCH3 is 3. The number of guanidine groups is 1. The van der Waals surface area contributed by atoms with Gasteiger partial charge in [0.05, 0.1) is 27.9 Å². The van der Waals surface area contributed by atoms with E-state index in [1.54, 1.807) is 21.3 Å².